The van der Waals surface area contributed by atoms with Gasteiger partial charge in [-0.05, 0) is 26.9 Å². The van der Waals surface area contributed by atoms with Crippen molar-refractivity contribution in [2.45, 2.75) is 18.9 Å². The molecule has 0 aliphatic carbocycles. The molecule has 3 heteroatoms. The quantitative estimate of drug-likeness (QED) is 0.560. The van der Waals surface area contributed by atoms with Crippen LogP contribution >= 0.6 is 0 Å². The largest absolute Gasteiger partial charge is 0.396 e. The van der Waals surface area contributed by atoms with Gasteiger partial charge in [-0.1, -0.05) is 0 Å². The van der Waals surface area contributed by atoms with Crippen LogP contribution in [-0.4, -0.2) is 48.5 Å². The summed E-state index contributed by atoms with van der Waals surface area (Å²) in [7, 11) is 3.86. The summed E-state index contributed by atoms with van der Waals surface area (Å²) in [4.78, 5) is 1.97. The number of rotatable bonds is 5. The minimum Gasteiger partial charge on any atom is -0.396 e. The minimum absolute atomic E-state index is 0.174. The van der Waals surface area contributed by atoms with E-state index in [-0.39, 0.29) is 19.3 Å². The number of aliphatic hydroxyl groups excluding tert-OH is 2. The fourth-order valence-corrected chi connectivity index (χ4v) is 0.840. The molecule has 62 valence electrons. The maximum atomic E-state index is 8.80. The monoisotopic (exact) mass is 147 g/mol. The normalized spacial score (nSPS) is 14.1. The standard InChI is InChI=1S/C7H17NO2/c1-8(2)7(6-10)4-3-5-9/h7,9-10H,3-6H2,1-2H3/t7-/m0/s1. The third kappa shape index (κ3) is 3.82. The van der Waals surface area contributed by atoms with Gasteiger partial charge in [0.1, 0.15) is 0 Å². The van der Waals surface area contributed by atoms with E-state index in [0.29, 0.717) is 0 Å². The predicted molar refractivity (Wildman–Crippen MR) is 40.9 cm³/mol. The van der Waals surface area contributed by atoms with Gasteiger partial charge in [-0.2, -0.15) is 0 Å². The Balaban J connectivity index is 3.40. The molecule has 0 spiro atoms. The van der Waals surface area contributed by atoms with Crippen molar-refractivity contribution in [3.05, 3.63) is 0 Å². The first-order valence-corrected chi connectivity index (χ1v) is 3.60. The van der Waals surface area contributed by atoms with E-state index in [1.165, 1.54) is 0 Å². The predicted octanol–water partition coefficient (Wildman–Crippen LogP) is -0.319. The molecule has 1 atom stereocenters. The highest BCUT2D eigenvalue weighted by Crippen LogP contribution is 2.00. The van der Waals surface area contributed by atoms with E-state index in [1.807, 2.05) is 19.0 Å². The summed E-state index contributed by atoms with van der Waals surface area (Å²) in [5.41, 5.74) is 0. The zero-order chi connectivity index (χ0) is 7.98. The molecule has 0 bridgehead atoms. The summed E-state index contributed by atoms with van der Waals surface area (Å²) in [6.45, 7) is 0.386. The lowest BCUT2D eigenvalue weighted by Crippen LogP contribution is -2.31. The van der Waals surface area contributed by atoms with Crippen LogP contribution in [-0.2, 0) is 0 Å². The van der Waals surface area contributed by atoms with Gasteiger partial charge in [-0.15, -0.1) is 0 Å². The number of aliphatic hydroxyl groups is 2. The Labute approximate surface area is 62.3 Å². The zero-order valence-electron chi connectivity index (χ0n) is 6.75. The molecule has 0 rings (SSSR count). The van der Waals surface area contributed by atoms with Crippen LogP contribution in [0.1, 0.15) is 12.8 Å². The molecule has 10 heavy (non-hydrogen) atoms. The Morgan fingerprint density at radius 2 is 1.90 bits per heavy atom. The highest BCUT2D eigenvalue weighted by Gasteiger charge is 2.07. The van der Waals surface area contributed by atoms with Crippen LogP contribution in [0.3, 0.4) is 0 Å². The van der Waals surface area contributed by atoms with Crippen molar-refractivity contribution in [2.24, 2.45) is 0 Å². The molecule has 0 unspecified atom stereocenters. The summed E-state index contributed by atoms with van der Waals surface area (Å²) in [6.07, 6.45) is 1.63. The van der Waals surface area contributed by atoms with Gasteiger partial charge < -0.3 is 15.1 Å². The number of nitrogens with zero attached hydrogens (tertiary/aromatic N) is 1. The molecule has 3 nitrogen and oxygen atoms in total. The van der Waals surface area contributed by atoms with Gasteiger partial charge in [0, 0.05) is 12.6 Å². The lowest BCUT2D eigenvalue weighted by molar-refractivity contribution is 0.151. The highest BCUT2D eigenvalue weighted by molar-refractivity contribution is 4.63. The van der Waals surface area contributed by atoms with E-state index >= 15 is 0 Å². The summed E-state index contributed by atoms with van der Waals surface area (Å²) >= 11 is 0. The maximum absolute atomic E-state index is 8.80. The Morgan fingerprint density at radius 3 is 2.20 bits per heavy atom. The Hall–Kier alpha value is -0.120. The number of likely N-dealkylation sites (N-methyl/N-ethyl adjacent to an activating group) is 1. The second-order valence-electron chi connectivity index (χ2n) is 2.67. The smallest absolute Gasteiger partial charge is 0.0586 e. The van der Waals surface area contributed by atoms with Gasteiger partial charge in [-0.3, -0.25) is 0 Å². The molecular formula is C7H17NO2. The summed E-state index contributed by atoms with van der Waals surface area (Å²) in [5.74, 6) is 0. The molecule has 0 aromatic heterocycles. The molecule has 0 aromatic carbocycles. The van der Waals surface area contributed by atoms with Crippen LogP contribution in [0.4, 0.5) is 0 Å². The van der Waals surface area contributed by atoms with Crippen LogP contribution in [0.25, 0.3) is 0 Å². The maximum Gasteiger partial charge on any atom is 0.0586 e. The van der Waals surface area contributed by atoms with Gasteiger partial charge in [0.25, 0.3) is 0 Å². The lowest BCUT2D eigenvalue weighted by atomic mass is 10.1. The van der Waals surface area contributed by atoms with E-state index < -0.39 is 0 Å². The van der Waals surface area contributed by atoms with Crippen LogP contribution in [0.15, 0.2) is 0 Å². The molecule has 2 N–H and O–H groups in total. The minimum atomic E-state index is 0.174. The first-order chi connectivity index (χ1) is 4.72. The molecule has 0 heterocycles. The second-order valence-corrected chi connectivity index (χ2v) is 2.67. The van der Waals surface area contributed by atoms with Gasteiger partial charge in [-0.25, -0.2) is 0 Å². The van der Waals surface area contributed by atoms with Crippen LogP contribution in [0.5, 0.6) is 0 Å². The fourth-order valence-electron chi connectivity index (χ4n) is 0.840. The molecule has 0 saturated carbocycles. The third-order valence-electron chi connectivity index (χ3n) is 1.64. The Kier molecular flexibility index (Phi) is 5.58. The molecule has 0 amide bonds. The molecule has 0 saturated heterocycles. The van der Waals surface area contributed by atoms with Crippen LogP contribution in [0, 0.1) is 0 Å². The first kappa shape index (κ1) is 9.88. The molecular weight excluding hydrogens is 130 g/mol. The highest BCUT2D eigenvalue weighted by atomic mass is 16.3. The fraction of sp³-hybridized carbons (Fsp3) is 1.00. The van der Waals surface area contributed by atoms with Gasteiger partial charge in [0.2, 0.25) is 0 Å². The third-order valence-corrected chi connectivity index (χ3v) is 1.64. The van der Waals surface area contributed by atoms with Crippen molar-refractivity contribution in [1.29, 1.82) is 0 Å². The summed E-state index contributed by atoms with van der Waals surface area (Å²) in [6, 6.07) is 0.201. The lowest BCUT2D eigenvalue weighted by Gasteiger charge is -2.21. The first-order valence-electron chi connectivity index (χ1n) is 3.60. The van der Waals surface area contributed by atoms with Crippen molar-refractivity contribution < 1.29 is 10.2 Å². The zero-order valence-corrected chi connectivity index (χ0v) is 6.75. The number of hydrogen-bond acceptors (Lipinski definition) is 3. The second kappa shape index (κ2) is 5.65. The van der Waals surface area contributed by atoms with Crippen molar-refractivity contribution in [1.82, 2.24) is 4.90 Å². The SMILES string of the molecule is CN(C)[C@H](CO)CCCO. The van der Waals surface area contributed by atoms with E-state index in [0.717, 1.165) is 12.8 Å². The van der Waals surface area contributed by atoms with Crippen molar-refractivity contribution in [2.75, 3.05) is 27.3 Å². The molecule has 0 fully saturated rings. The summed E-state index contributed by atoms with van der Waals surface area (Å²) in [5, 5.41) is 17.3. The van der Waals surface area contributed by atoms with Gasteiger partial charge in [0.15, 0.2) is 0 Å². The topological polar surface area (TPSA) is 43.7 Å². The van der Waals surface area contributed by atoms with Gasteiger partial charge in [0.05, 0.1) is 6.61 Å². The molecule has 0 aliphatic heterocycles. The molecule has 0 radical (unpaired) electrons. The van der Waals surface area contributed by atoms with E-state index in [4.69, 9.17) is 10.2 Å². The molecule has 0 aromatic rings. The van der Waals surface area contributed by atoms with Crippen molar-refractivity contribution >= 4 is 0 Å². The van der Waals surface area contributed by atoms with Crippen molar-refractivity contribution in [3.8, 4) is 0 Å². The Bertz CT molecular complexity index is 76.0. The van der Waals surface area contributed by atoms with E-state index in [2.05, 4.69) is 0 Å². The average molecular weight is 147 g/mol. The summed E-state index contributed by atoms with van der Waals surface area (Å²) < 4.78 is 0. The molecule has 0 aliphatic rings. The van der Waals surface area contributed by atoms with Crippen molar-refractivity contribution in [3.63, 3.8) is 0 Å². The van der Waals surface area contributed by atoms with E-state index in [1.54, 1.807) is 0 Å². The van der Waals surface area contributed by atoms with Crippen LogP contribution < -0.4 is 0 Å². The number of hydrogen-bond donors (Lipinski definition) is 2. The average Bonchev–Trinajstić information content (AvgIpc) is 1.89. The van der Waals surface area contributed by atoms with E-state index in [9.17, 15) is 0 Å². The van der Waals surface area contributed by atoms with Crippen LogP contribution in [0.2, 0.25) is 0 Å². The van der Waals surface area contributed by atoms with Gasteiger partial charge >= 0.3 is 0 Å². The Morgan fingerprint density at radius 1 is 1.30 bits per heavy atom.